The van der Waals surface area contributed by atoms with Crippen molar-refractivity contribution in [1.29, 1.82) is 5.26 Å². The zero-order chi connectivity index (χ0) is 22.4. The van der Waals surface area contributed by atoms with Gasteiger partial charge in [-0.25, -0.2) is 0 Å². The third kappa shape index (κ3) is 5.98. The molecule has 1 amide bonds. The number of carbonyl (C=O) groups excluding carboxylic acids is 1. The average molecular weight is 561 g/mol. The van der Waals surface area contributed by atoms with Crippen molar-refractivity contribution >= 4 is 61.1 Å². The van der Waals surface area contributed by atoms with Crippen LogP contribution >= 0.6 is 43.5 Å². The van der Waals surface area contributed by atoms with Gasteiger partial charge >= 0.3 is 0 Å². The molecule has 3 aromatic rings. The van der Waals surface area contributed by atoms with E-state index in [0.29, 0.717) is 37.6 Å². The number of nitrogens with one attached hydrogen (secondary N) is 1. The van der Waals surface area contributed by atoms with E-state index >= 15 is 0 Å². The number of nitrogens with zero attached hydrogens (tertiary/aromatic N) is 1. The summed E-state index contributed by atoms with van der Waals surface area (Å²) in [5.74, 6) is 0.103. The maximum atomic E-state index is 12.6. The van der Waals surface area contributed by atoms with Crippen LogP contribution in [0.5, 0.6) is 5.75 Å². The summed E-state index contributed by atoms with van der Waals surface area (Å²) in [6.07, 6.45) is 1.51. The van der Waals surface area contributed by atoms with Crippen LogP contribution in [0.15, 0.2) is 75.2 Å². The SMILES string of the molecule is Cc1cccc(Cl)c1NC(=O)/C(C#N)=C/c1cc(Br)c(OCc2ccccc2)c(Br)c1. The van der Waals surface area contributed by atoms with E-state index in [4.69, 9.17) is 16.3 Å². The predicted molar refractivity (Wildman–Crippen MR) is 131 cm³/mol. The van der Waals surface area contributed by atoms with Gasteiger partial charge in [0.2, 0.25) is 0 Å². The molecular weight excluding hydrogens is 544 g/mol. The standard InChI is InChI=1S/C24H17Br2ClN2O2/c1-15-6-5-9-21(27)22(15)29-24(30)18(13-28)10-17-11-19(25)23(20(26)12-17)31-14-16-7-3-2-4-8-16/h2-12H,14H2,1H3,(H,29,30)/b18-10+. The summed E-state index contributed by atoms with van der Waals surface area (Å²) in [6, 6.07) is 20.7. The molecule has 0 fully saturated rings. The van der Waals surface area contributed by atoms with Crippen LogP contribution in [-0.2, 0) is 11.4 Å². The Hall–Kier alpha value is -2.59. The highest BCUT2D eigenvalue weighted by Gasteiger charge is 2.15. The Morgan fingerprint density at radius 2 is 1.81 bits per heavy atom. The topological polar surface area (TPSA) is 62.1 Å². The van der Waals surface area contributed by atoms with Gasteiger partial charge in [0.25, 0.3) is 5.91 Å². The number of ether oxygens (including phenoxy) is 1. The van der Waals surface area contributed by atoms with Crippen molar-refractivity contribution in [2.24, 2.45) is 0 Å². The molecule has 0 aromatic heterocycles. The fourth-order valence-electron chi connectivity index (χ4n) is 2.82. The van der Waals surface area contributed by atoms with Crippen LogP contribution in [0.4, 0.5) is 5.69 Å². The molecule has 0 saturated carbocycles. The second-order valence-corrected chi connectivity index (χ2v) is 8.76. The number of hydrogen-bond acceptors (Lipinski definition) is 3. The summed E-state index contributed by atoms with van der Waals surface area (Å²) in [5.41, 5.74) is 2.96. The molecule has 0 spiro atoms. The van der Waals surface area contributed by atoms with Crippen LogP contribution in [0.25, 0.3) is 6.08 Å². The van der Waals surface area contributed by atoms with Crippen LogP contribution in [0.3, 0.4) is 0 Å². The highest BCUT2D eigenvalue weighted by molar-refractivity contribution is 9.11. The van der Waals surface area contributed by atoms with E-state index in [2.05, 4.69) is 37.2 Å². The number of rotatable bonds is 6. The Morgan fingerprint density at radius 3 is 2.42 bits per heavy atom. The molecule has 156 valence electrons. The fourth-order valence-corrected chi connectivity index (χ4v) is 4.54. The number of para-hydroxylation sites is 1. The first kappa shape index (κ1) is 23.1. The number of amides is 1. The molecule has 3 aromatic carbocycles. The number of benzene rings is 3. The summed E-state index contributed by atoms with van der Waals surface area (Å²) in [4.78, 5) is 12.6. The van der Waals surface area contributed by atoms with Gasteiger partial charge in [0.15, 0.2) is 0 Å². The van der Waals surface area contributed by atoms with E-state index in [1.54, 1.807) is 24.3 Å². The van der Waals surface area contributed by atoms with Gasteiger partial charge in [-0.15, -0.1) is 0 Å². The van der Waals surface area contributed by atoms with Gasteiger partial charge in [-0.2, -0.15) is 5.26 Å². The summed E-state index contributed by atoms with van der Waals surface area (Å²) in [5, 5.41) is 12.6. The molecule has 4 nitrogen and oxygen atoms in total. The molecule has 0 aliphatic heterocycles. The summed E-state index contributed by atoms with van der Waals surface area (Å²) < 4.78 is 7.32. The van der Waals surface area contributed by atoms with E-state index in [-0.39, 0.29) is 5.57 Å². The van der Waals surface area contributed by atoms with Gasteiger partial charge in [0, 0.05) is 0 Å². The molecule has 0 aliphatic rings. The van der Waals surface area contributed by atoms with E-state index in [1.165, 1.54) is 6.08 Å². The van der Waals surface area contributed by atoms with Crippen LogP contribution in [0.1, 0.15) is 16.7 Å². The van der Waals surface area contributed by atoms with Crippen molar-refractivity contribution < 1.29 is 9.53 Å². The van der Waals surface area contributed by atoms with Crippen LogP contribution < -0.4 is 10.1 Å². The number of aryl methyl sites for hydroxylation is 1. The highest BCUT2D eigenvalue weighted by atomic mass is 79.9. The van der Waals surface area contributed by atoms with Crippen molar-refractivity contribution in [1.82, 2.24) is 0 Å². The molecule has 0 saturated heterocycles. The second-order valence-electron chi connectivity index (χ2n) is 6.64. The maximum Gasteiger partial charge on any atom is 0.266 e. The summed E-state index contributed by atoms with van der Waals surface area (Å²) in [7, 11) is 0. The molecular formula is C24H17Br2ClN2O2. The van der Waals surface area contributed by atoms with Crippen LogP contribution in [-0.4, -0.2) is 5.91 Å². The van der Waals surface area contributed by atoms with Crippen molar-refractivity contribution in [3.05, 3.63) is 96.9 Å². The molecule has 0 heterocycles. The zero-order valence-corrected chi connectivity index (χ0v) is 20.4. The summed E-state index contributed by atoms with van der Waals surface area (Å²) >= 11 is 13.2. The van der Waals surface area contributed by atoms with E-state index in [9.17, 15) is 10.1 Å². The number of halogens is 3. The number of carbonyl (C=O) groups is 1. The molecule has 0 radical (unpaired) electrons. The van der Waals surface area contributed by atoms with Gasteiger partial charge in [-0.05, 0) is 79.7 Å². The zero-order valence-electron chi connectivity index (χ0n) is 16.5. The van der Waals surface area contributed by atoms with Crippen LogP contribution in [0, 0.1) is 18.3 Å². The molecule has 7 heteroatoms. The molecule has 1 N–H and O–H groups in total. The normalized spacial score (nSPS) is 11.0. The van der Waals surface area contributed by atoms with Gasteiger partial charge in [-0.3, -0.25) is 4.79 Å². The van der Waals surface area contributed by atoms with Crippen molar-refractivity contribution in [3.8, 4) is 11.8 Å². The first-order chi connectivity index (χ1) is 14.9. The van der Waals surface area contributed by atoms with E-state index in [1.807, 2.05) is 49.4 Å². The minimum absolute atomic E-state index is 0.0453. The van der Waals surface area contributed by atoms with E-state index < -0.39 is 5.91 Å². The summed E-state index contributed by atoms with van der Waals surface area (Å²) in [6.45, 7) is 2.25. The largest absolute Gasteiger partial charge is 0.487 e. The Balaban J connectivity index is 1.81. The Kier molecular flexibility index (Phi) is 7.91. The van der Waals surface area contributed by atoms with Gasteiger partial charge in [-0.1, -0.05) is 54.1 Å². The lowest BCUT2D eigenvalue weighted by molar-refractivity contribution is -0.112. The number of nitriles is 1. The maximum absolute atomic E-state index is 12.6. The molecule has 31 heavy (non-hydrogen) atoms. The average Bonchev–Trinajstić information content (AvgIpc) is 2.74. The first-order valence-electron chi connectivity index (χ1n) is 9.23. The van der Waals surface area contributed by atoms with Crippen LogP contribution in [0.2, 0.25) is 5.02 Å². The van der Waals surface area contributed by atoms with Crippen molar-refractivity contribution in [2.45, 2.75) is 13.5 Å². The molecule has 0 bridgehead atoms. The number of anilines is 1. The molecule has 3 rings (SSSR count). The number of hydrogen-bond donors (Lipinski definition) is 1. The quantitative estimate of drug-likeness (QED) is 0.254. The van der Waals surface area contributed by atoms with Gasteiger partial charge in [0.1, 0.15) is 24.0 Å². The lowest BCUT2D eigenvalue weighted by Gasteiger charge is -2.12. The molecule has 0 aliphatic carbocycles. The third-order valence-electron chi connectivity index (χ3n) is 4.38. The second kappa shape index (κ2) is 10.6. The molecule has 0 atom stereocenters. The first-order valence-corrected chi connectivity index (χ1v) is 11.2. The predicted octanol–water partition coefficient (Wildman–Crippen LogP) is 7.30. The third-order valence-corrected chi connectivity index (χ3v) is 5.88. The van der Waals surface area contributed by atoms with E-state index in [0.717, 1.165) is 11.1 Å². The lowest BCUT2D eigenvalue weighted by atomic mass is 10.1. The monoisotopic (exact) mass is 558 g/mol. The minimum Gasteiger partial charge on any atom is -0.487 e. The van der Waals surface area contributed by atoms with Crippen molar-refractivity contribution in [3.63, 3.8) is 0 Å². The van der Waals surface area contributed by atoms with Gasteiger partial charge < -0.3 is 10.1 Å². The lowest BCUT2D eigenvalue weighted by Crippen LogP contribution is -2.14. The van der Waals surface area contributed by atoms with Crippen molar-refractivity contribution in [2.75, 3.05) is 5.32 Å². The Bertz CT molecular complexity index is 1140. The van der Waals surface area contributed by atoms with Gasteiger partial charge in [0.05, 0.1) is 19.7 Å². The fraction of sp³-hybridized carbons (Fsp3) is 0.0833. The highest BCUT2D eigenvalue weighted by Crippen LogP contribution is 2.36. The Labute approximate surface area is 202 Å². The Morgan fingerprint density at radius 1 is 1.13 bits per heavy atom. The smallest absolute Gasteiger partial charge is 0.266 e. The molecule has 0 unspecified atom stereocenters. The minimum atomic E-state index is -0.532.